The van der Waals surface area contributed by atoms with E-state index in [-0.39, 0.29) is 12.3 Å². The number of carbonyl (C=O) groups excluding carboxylic acids is 1. The summed E-state index contributed by atoms with van der Waals surface area (Å²) in [7, 11) is -1.65. The first-order chi connectivity index (χ1) is 18.2. The Kier molecular flexibility index (Phi) is 7.11. The Bertz CT molecular complexity index is 1600. The number of carbonyl (C=O) groups is 1. The number of amides is 1. The van der Waals surface area contributed by atoms with Crippen molar-refractivity contribution in [1.29, 1.82) is 0 Å². The largest absolute Gasteiger partial charge is 0.369 e. The maximum atomic E-state index is 13.5. The van der Waals surface area contributed by atoms with Gasteiger partial charge in [-0.3, -0.25) is 4.79 Å². The van der Waals surface area contributed by atoms with Gasteiger partial charge in [0, 0.05) is 48.2 Å². The Morgan fingerprint density at radius 3 is 2.32 bits per heavy atom. The van der Waals surface area contributed by atoms with Crippen LogP contribution in [0.2, 0.25) is 0 Å². The summed E-state index contributed by atoms with van der Waals surface area (Å²) in [5.74, 6) is 0.193. The van der Waals surface area contributed by atoms with Crippen molar-refractivity contribution >= 4 is 38.2 Å². The molecule has 10 heteroatoms. The highest BCUT2D eigenvalue weighted by atomic mass is 32.2. The van der Waals surface area contributed by atoms with Crippen LogP contribution >= 0.6 is 0 Å². The number of anilines is 2. The van der Waals surface area contributed by atoms with Gasteiger partial charge in [-0.1, -0.05) is 48.5 Å². The Balaban J connectivity index is 1.50. The molecule has 3 aromatic carbocycles. The third-order valence-corrected chi connectivity index (χ3v) is 8.86. The van der Waals surface area contributed by atoms with Gasteiger partial charge in [0.25, 0.3) is 0 Å². The van der Waals surface area contributed by atoms with Gasteiger partial charge >= 0.3 is 0 Å². The molecule has 38 heavy (non-hydrogen) atoms. The van der Waals surface area contributed by atoms with Crippen molar-refractivity contribution in [2.75, 3.05) is 38.5 Å². The van der Waals surface area contributed by atoms with Gasteiger partial charge in [-0.05, 0) is 43.3 Å². The van der Waals surface area contributed by atoms with Crippen molar-refractivity contribution in [1.82, 2.24) is 19.4 Å². The van der Waals surface area contributed by atoms with E-state index in [4.69, 9.17) is 5.73 Å². The van der Waals surface area contributed by atoms with Gasteiger partial charge in [0.1, 0.15) is 5.69 Å². The zero-order chi connectivity index (χ0) is 26.9. The molecule has 1 aliphatic heterocycles. The number of fused-ring (bicyclic) bond motifs is 1. The van der Waals surface area contributed by atoms with Crippen molar-refractivity contribution in [3.63, 3.8) is 0 Å². The summed E-state index contributed by atoms with van der Waals surface area (Å²) in [5.41, 5.74) is 8.90. The monoisotopic (exact) mass is 530 g/mol. The fourth-order valence-electron chi connectivity index (χ4n) is 4.65. The lowest BCUT2D eigenvalue weighted by atomic mass is 10.0. The van der Waals surface area contributed by atoms with Crippen LogP contribution < -0.4 is 11.1 Å². The van der Waals surface area contributed by atoms with E-state index in [0.717, 1.165) is 22.0 Å². The molecule has 3 N–H and O–H groups in total. The maximum absolute atomic E-state index is 13.5. The van der Waals surface area contributed by atoms with Gasteiger partial charge < -0.3 is 16.0 Å². The van der Waals surface area contributed by atoms with Gasteiger partial charge in [0.05, 0.1) is 11.3 Å². The van der Waals surface area contributed by atoms with Crippen LogP contribution in [0.1, 0.15) is 11.1 Å². The average Bonchev–Trinajstić information content (AvgIpc) is 2.90. The van der Waals surface area contributed by atoms with Crippen molar-refractivity contribution < 1.29 is 13.2 Å². The topological polar surface area (TPSA) is 122 Å². The van der Waals surface area contributed by atoms with Crippen LogP contribution in [0.5, 0.6) is 0 Å². The van der Waals surface area contributed by atoms with Gasteiger partial charge in [0.2, 0.25) is 15.9 Å². The summed E-state index contributed by atoms with van der Waals surface area (Å²) in [6.45, 7) is 4.16. The second-order valence-corrected chi connectivity index (χ2v) is 11.5. The van der Waals surface area contributed by atoms with Crippen molar-refractivity contribution in [3.05, 3.63) is 77.9 Å². The Hall–Kier alpha value is -3.86. The van der Waals surface area contributed by atoms with E-state index >= 15 is 0 Å². The number of nitrogens with two attached hydrogens (primary N) is 1. The maximum Gasteiger partial charge on any atom is 0.243 e. The molecule has 5 rings (SSSR count). The Morgan fingerprint density at radius 1 is 0.947 bits per heavy atom. The van der Waals surface area contributed by atoms with Crippen molar-refractivity contribution in [2.24, 2.45) is 5.73 Å². The average molecular weight is 531 g/mol. The van der Waals surface area contributed by atoms with E-state index in [1.165, 1.54) is 0 Å². The molecular formula is C28H30N6O3S. The van der Waals surface area contributed by atoms with Crippen LogP contribution in [0.4, 0.5) is 11.5 Å². The molecule has 0 aliphatic carbocycles. The normalized spacial score (nSPS) is 15.0. The van der Waals surface area contributed by atoms with Crippen molar-refractivity contribution in [3.8, 4) is 11.3 Å². The molecule has 2 heterocycles. The van der Waals surface area contributed by atoms with E-state index in [9.17, 15) is 13.2 Å². The smallest absolute Gasteiger partial charge is 0.243 e. The molecule has 0 bridgehead atoms. The summed E-state index contributed by atoms with van der Waals surface area (Å²) in [4.78, 5) is 13.6. The molecule has 4 aromatic rings. The number of hydrogen-bond acceptors (Lipinski definition) is 7. The van der Waals surface area contributed by atoms with Crippen LogP contribution in [0.25, 0.3) is 22.0 Å². The molecule has 1 saturated heterocycles. The molecule has 0 unspecified atom stereocenters. The third kappa shape index (κ3) is 5.24. The van der Waals surface area contributed by atoms with Gasteiger partial charge in [-0.15, -0.1) is 10.2 Å². The number of primary amides is 1. The molecule has 0 radical (unpaired) electrons. The SMILES string of the molecule is Cc1ccc(-c2nnc(Nc3ccc(CC(N)=O)cc3)c3ccccc23)cc1S(=O)(=O)N1CCN(C)CC1. The molecule has 0 atom stereocenters. The second-order valence-electron chi connectivity index (χ2n) is 9.60. The number of rotatable bonds is 7. The minimum Gasteiger partial charge on any atom is -0.369 e. The van der Waals surface area contributed by atoms with E-state index in [2.05, 4.69) is 20.4 Å². The molecule has 0 saturated carbocycles. The van der Waals surface area contributed by atoms with Crippen LogP contribution in [-0.2, 0) is 21.2 Å². The predicted octanol–water partition coefficient (Wildman–Crippen LogP) is 3.31. The van der Waals surface area contributed by atoms with Crippen LogP contribution in [0, 0.1) is 6.92 Å². The summed E-state index contributed by atoms with van der Waals surface area (Å²) < 4.78 is 28.6. The fourth-order valence-corrected chi connectivity index (χ4v) is 6.32. The lowest BCUT2D eigenvalue weighted by Gasteiger charge is -2.32. The van der Waals surface area contributed by atoms with Crippen molar-refractivity contribution in [2.45, 2.75) is 18.2 Å². The van der Waals surface area contributed by atoms with Gasteiger partial charge in [0.15, 0.2) is 5.82 Å². The van der Waals surface area contributed by atoms with Crippen LogP contribution in [0.15, 0.2) is 71.6 Å². The molecule has 1 amide bonds. The number of benzene rings is 3. The number of nitrogens with one attached hydrogen (secondary N) is 1. The number of aromatic nitrogens is 2. The lowest BCUT2D eigenvalue weighted by molar-refractivity contribution is -0.117. The number of aryl methyl sites for hydroxylation is 1. The molecule has 196 valence electrons. The number of nitrogens with zero attached hydrogens (tertiary/aromatic N) is 4. The zero-order valence-corrected chi connectivity index (χ0v) is 22.2. The van der Waals surface area contributed by atoms with Gasteiger partial charge in [-0.2, -0.15) is 4.31 Å². The lowest BCUT2D eigenvalue weighted by Crippen LogP contribution is -2.47. The van der Waals surface area contributed by atoms with E-state index in [1.54, 1.807) is 10.4 Å². The van der Waals surface area contributed by atoms with Crippen LogP contribution in [-0.4, -0.2) is 67.0 Å². The molecule has 0 spiro atoms. The number of piperazine rings is 1. The number of likely N-dealkylation sites (N-methyl/N-ethyl adjacent to an activating group) is 1. The molecule has 1 aliphatic rings. The highest BCUT2D eigenvalue weighted by Gasteiger charge is 2.29. The predicted molar refractivity (Wildman–Crippen MR) is 149 cm³/mol. The highest BCUT2D eigenvalue weighted by molar-refractivity contribution is 7.89. The summed E-state index contributed by atoms with van der Waals surface area (Å²) >= 11 is 0. The standard InChI is InChI=1S/C28H30N6O3S/c1-19-7-10-21(18-25(19)38(36,37)34-15-13-33(2)14-16-34)27-23-5-3-4-6-24(23)28(32-31-27)30-22-11-8-20(9-12-22)17-26(29)35/h3-12,18H,13-17H2,1-2H3,(H2,29,35)(H,30,32). The molecule has 1 fully saturated rings. The highest BCUT2D eigenvalue weighted by Crippen LogP contribution is 2.33. The van der Waals surface area contributed by atoms with E-state index in [0.29, 0.717) is 53.7 Å². The quantitative estimate of drug-likeness (QED) is 0.376. The second kappa shape index (κ2) is 10.5. The number of sulfonamides is 1. The fraction of sp³-hybridized carbons (Fsp3) is 0.250. The number of hydrogen-bond donors (Lipinski definition) is 2. The first-order valence-corrected chi connectivity index (χ1v) is 13.9. The Labute approximate surface area is 222 Å². The molecule has 1 aromatic heterocycles. The summed E-state index contributed by atoms with van der Waals surface area (Å²) in [5, 5.41) is 14.0. The molecular weight excluding hydrogens is 500 g/mol. The van der Waals surface area contributed by atoms with Crippen LogP contribution in [0.3, 0.4) is 0 Å². The Morgan fingerprint density at radius 2 is 1.63 bits per heavy atom. The minimum atomic E-state index is -3.64. The summed E-state index contributed by atoms with van der Waals surface area (Å²) in [6.07, 6.45) is 0.181. The first kappa shape index (κ1) is 25.8. The summed E-state index contributed by atoms with van der Waals surface area (Å²) in [6, 6.07) is 20.6. The third-order valence-electron chi connectivity index (χ3n) is 6.82. The van der Waals surface area contributed by atoms with E-state index in [1.807, 2.05) is 74.6 Å². The minimum absolute atomic E-state index is 0.181. The molecule has 9 nitrogen and oxygen atoms in total. The van der Waals surface area contributed by atoms with E-state index < -0.39 is 10.0 Å². The van der Waals surface area contributed by atoms with Gasteiger partial charge in [-0.25, -0.2) is 8.42 Å². The zero-order valence-electron chi connectivity index (χ0n) is 21.4. The first-order valence-electron chi connectivity index (χ1n) is 12.4.